The van der Waals surface area contributed by atoms with Gasteiger partial charge in [0.15, 0.2) is 9.84 Å². The number of methoxy groups -OCH3 is 1. The highest BCUT2D eigenvalue weighted by atomic mass is 32.2. The number of ether oxygens (including phenoxy) is 1. The van der Waals surface area contributed by atoms with Crippen LogP contribution in [0, 0.1) is 11.8 Å². The molecule has 3 amide bonds. The molecular weight excluding hydrogens is 659 g/mol. The van der Waals surface area contributed by atoms with Crippen molar-refractivity contribution >= 4 is 27.6 Å². The van der Waals surface area contributed by atoms with E-state index in [-0.39, 0.29) is 42.4 Å². The van der Waals surface area contributed by atoms with Crippen LogP contribution in [0.2, 0.25) is 0 Å². The zero-order valence-corrected chi connectivity index (χ0v) is 30.3. The molecule has 4 atom stereocenters. The number of sulfone groups is 1. The summed E-state index contributed by atoms with van der Waals surface area (Å²) in [7, 11) is -1.62. The molecule has 0 bridgehead atoms. The second-order valence-corrected chi connectivity index (χ2v) is 16.6. The van der Waals surface area contributed by atoms with Crippen LogP contribution < -0.4 is 20.7 Å². The number of nitrogens with zero attached hydrogens (tertiary/aromatic N) is 2. The van der Waals surface area contributed by atoms with E-state index in [1.165, 1.54) is 6.26 Å². The van der Waals surface area contributed by atoms with Crippen LogP contribution in [0.1, 0.15) is 63.0 Å². The van der Waals surface area contributed by atoms with Crippen LogP contribution in [-0.2, 0) is 37.3 Å². The lowest BCUT2D eigenvalue weighted by atomic mass is 9.80. The van der Waals surface area contributed by atoms with Gasteiger partial charge in [-0.05, 0) is 86.4 Å². The minimum atomic E-state index is -3.27. The van der Waals surface area contributed by atoms with Gasteiger partial charge in [0.05, 0.1) is 36.1 Å². The van der Waals surface area contributed by atoms with Gasteiger partial charge < -0.3 is 25.8 Å². The van der Waals surface area contributed by atoms with Gasteiger partial charge in [-0.1, -0.05) is 24.3 Å². The number of rotatable bonds is 6. The first kappa shape index (κ1) is 37.7. The predicted octanol–water partition coefficient (Wildman–Crippen LogP) is 2.24. The third-order valence-corrected chi connectivity index (χ3v) is 11.8. The van der Waals surface area contributed by atoms with Crippen LogP contribution in [0.15, 0.2) is 53.4 Å². The van der Waals surface area contributed by atoms with Gasteiger partial charge >= 0.3 is 0 Å². The van der Waals surface area contributed by atoms with Crippen LogP contribution in [0.3, 0.4) is 0 Å². The molecule has 13 heteroatoms. The molecule has 3 heterocycles. The monoisotopic (exact) mass is 711 g/mol. The Morgan fingerprint density at radius 1 is 0.880 bits per heavy atom. The number of fused-ring (bicyclic) bond motifs is 1. The number of hydrogen-bond acceptors (Lipinski definition) is 9. The van der Waals surface area contributed by atoms with Gasteiger partial charge in [0.2, 0.25) is 17.7 Å². The number of carbonyl (C=O) groups excluding carboxylic acids is 3. The summed E-state index contributed by atoms with van der Waals surface area (Å²) in [5.74, 6) is 0.421. The molecule has 0 aromatic heterocycles. The van der Waals surface area contributed by atoms with Gasteiger partial charge in [-0.25, -0.2) is 8.42 Å². The second-order valence-electron chi connectivity index (χ2n) is 14.6. The zero-order chi connectivity index (χ0) is 35.9. The van der Waals surface area contributed by atoms with Crippen molar-refractivity contribution in [3.05, 3.63) is 59.7 Å². The van der Waals surface area contributed by atoms with E-state index >= 15 is 0 Å². The highest BCUT2D eigenvalue weighted by Gasteiger charge is 2.39. The number of likely N-dealkylation sites (tertiary alicyclic amines) is 2. The Morgan fingerprint density at radius 2 is 1.60 bits per heavy atom. The molecule has 50 heavy (non-hydrogen) atoms. The van der Waals surface area contributed by atoms with E-state index in [0.29, 0.717) is 56.8 Å². The lowest BCUT2D eigenvalue weighted by Crippen LogP contribution is -2.58. The largest absolute Gasteiger partial charge is 0.497 e. The van der Waals surface area contributed by atoms with Gasteiger partial charge in [0.1, 0.15) is 5.75 Å². The summed E-state index contributed by atoms with van der Waals surface area (Å²) in [6.45, 7) is 6.47. The van der Waals surface area contributed by atoms with Crippen LogP contribution in [0.4, 0.5) is 0 Å². The molecule has 3 saturated heterocycles. The van der Waals surface area contributed by atoms with Crippen LogP contribution in [0.25, 0.3) is 0 Å². The Morgan fingerprint density at radius 3 is 2.30 bits per heavy atom. The molecule has 1 spiro atoms. The molecule has 0 aliphatic carbocycles. The van der Waals surface area contributed by atoms with Gasteiger partial charge in [0, 0.05) is 58.4 Å². The number of nitrogens with one attached hydrogen (secondary N) is 3. The fourth-order valence-electron chi connectivity index (χ4n) is 7.64. The van der Waals surface area contributed by atoms with Crippen LogP contribution in [-0.4, -0.2) is 105 Å². The Bertz CT molecular complexity index is 1590. The van der Waals surface area contributed by atoms with Crippen LogP contribution >= 0.6 is 0 Å². The van der Waals surface area contributed by atoms with E-state index in [1.54, 1.807) is 26.2 Å². The first-order chi connectivity index (χ1) is 23.8. The highest BCUT2D eigenvalue weighted by molar-refractivity contribution is 7.90. The zero-order valence-electron chi connectivity index (χ0n) is 29.5. The van der Waals surface area contributed by atoms with Crippen molar-refractivity contribution in [1.29, 1.82) is 0 Å². The van der Waals surface area contributed by atoms with E-state index in [0.717, 1.165) is 42.9 Å². The van der Waals surface area contributed by atoms with Crippen molar-refractivity contribution in [2.75, 3.05) is 46.1 Å². The summed E-state index contributed by atoms with van der Waals surface area (Å²) < 4.78 is 29.2. The maximum absolute atomic E-state index is 13.5. The number of hydrogen-bond donors (Lipinski definition) is 4. The third kappa shape index (κ3) is 10.5. The molecule has 2 aromatic carbocycles. The Balaban J connectivity index is 1.25. The fourth-order valence-corrected chi connectivity index (χ4v) is 8.27. The molecule has 2 aromatic rings. The summed E-state index contributed by atoms with van der Waals surface area (Å²) >= 11 is 0. The average molecular weight is 712 g/mol. The number of aliphatic hydroxyl groups is 1. The quantitative estimate of drug-likeness (QED) is 0.353. The first-order valence-electron chi connectivity index (χ1n) is 17.7. The van der Waals surface area contributed by atoms with Gasteiger partial charge in [0.25, 0.3) is 0 Å². The van der Waals surface area contributed by atoms with E-state index in [4.69, 9.17) is 4.74 Å². The lowest BCUT2D eigenvalue weighted by molar-refractivity contribution is -0.130. The molecule has 0 saturated carbocycles. The number of carbonyl (C=O) groups is 3. The summed E-state index contributed by atoms with van der Waals surface area (Å²) in [5.41, 5.74) is 1.40. The van der Waals surface area contributed by atoms with Gasteiger partial charge in [-0.2, -0.15) is 0 Å². The van der Waals surface area contributed by atoms with Crippen molar-refractivity contribution in [1.82, 2.24) is 25.8 Å². The van der Waals surface area contributed by atoms with Gasteiger partial charge in [-0.3, -0.25) is 24.2 Å². The smallest absolute Gasteiger partial charge is 0.223 e. The molecule has 0 unspecified atom stereocenters. The van der Waals surface area contributed by atoms with E-state index < -0.39 is 27.5 Å². The van der Waals surface area contributed by atoms with Crippen molar-refractivity contribution in [2.24, 2.45) is 11.8 Å². The first-order valence-corrected chi connectivity index (χ1v) is 19.6. The molecule has 5 rings (SSSR count). The molecule has 12 nitrogen and oxygen atoms in total. The van der Waals surface area contributed by atoms with E-state index in [1.807, 2.05) is 30.3 Å². The SMILES string of the molecule is COc1cccc(CN2CCC3(CC2)CC(=O)NCC[C@H]2CN(Cc4ccc(S(C)(=O)=O)cc4)CC[C@H]2CC(=O)N[C@@H](C)[C@@H](O)CC(=O)N3)c1. The van der Waals surface area contributed by atoms with Gasteiger partial charge in [-0.15, -0.1) is 0 Å². The number of amides is 3. The number of aliphatic hydroxyl groups excluding tert-OH is 1. The Hall–Kier alpha value is -3.52. The molecule has 3 aliphatic heterocycles. The predicted molar refractivity (Wildman–Crippen MR) is 190 cm³/mol. The number of piperidine rings is 2. The normalized spacial score (nSPS) is 26.4. The lowest BCUT2D eigenvalue weighted by Gasteiger charge is -2.42. The van der Waals surface area contributed by atoms with Crippen molar-refractivity contribution in [3.63, 3.8) is 0 Å². The molecule has 4 N–H and O–H groups in total. The maximum atomic E-state index is 13.5. The number of benzene rings is 2. The molecule has 3 fully saturated rings. The van der Waals surface area contributed by atoms with Crippen molar-refractivity contribution in [2.45, 2.75) is 87.5 Å². The Labute approximate surface area is 296 Å². The van der Waals surface area contributed by atoms with E-state index in [9.17, 15) is 27.9 Å². The molecule has 0 radical (unpaired) electrons. The molecule has 3 aliphatic rings. The Kier molecular flexibility index (Phi) is 12.6. The van der Waals surface area contributed by atoms with Crippen LogP contribution in [0.5, 0.6) is 5.75 Å². The summed E-state index contributed by atoms with van der Waals surface area (Å²) in [6, 6.07) is 14.3. The fraction of sp³-hybridized carbons (Fsp3) is 0.595. The standard InChI is InChI=1S/C37H53N5O7S/c1-26-33(43)21-35(45)40-37(13-17-41(18-14-37)24-28-5-4-6-31(19-28)49-2)22-36(46)38-15-11-30-25-42(16-12-29(30)20-34(44)39-26)23-27-7-9-32(10-8-27)50(3,47)48/h4-10,19,26,29-30,33,43H,11-18,20-25H2,1-3H3,(H,38,46)(H,39,44)(H,40,45)/t26-,29-,30-,33-/m0/s1. The molecule has 274 valence electrons. The second kappa shape index (κ2) is 16.7. The highest BCUT2D eigenvalue weighted by Crippen LogP contribution is 2.31. The topological polar surface area (TPSA) is 157 Å². The van der Waals surface area contributed by atoms with Crippen molar-refractivity contribution in [3.8, 4) is 5.75 Å². The maximum Gasteiger partial charge on any atom is 0.223 e. The summed E-state index contributed by atoms with van der Waals surface area (Å²) in [4.78, 5) is 44.8. The van der Waals surface area contributed by atoms with E-state index in [2.05, 4.69) is 31.8 Å². The average Bonchev–Trinajstić information content (AvgIpc) is 3.06. The summed E-state index contributed by atoms with van der Waals surface area (Å²) in [5, 5.41) is 20.1. The third-order valence-electron chi connectivity index (χ3n) is 10.6. The molecular formula is C37H53N5O7S. The van der Waals surface area contributed by atoms with Crippen molar-refractivity contribution < 1.29 is 32.6 Å². The minimum Gasteiger partial charge on any atom is -0.497 e. The summed E-state index contributed by atoms with van der Waals surface area (Å²) in [6.07, 6.45) is 3.06. The minimum absolute atomic E-state index is 0.0940.